The Morgan fingerprint density at radius 3 is 2.53 bits per heavy atom. The van der Waals surface area contributed by atoms with Crippen molar-refractivity contribution in [2.75, 3.05) is 7.11 Å². The Hall–Kier alpha value is -1.87. The van der Waals surface area contributed by atoms with Crippen LogP contribution in [0.4, 0.5) is 5.69 Å². The molecule has 0 saturated heterocycles. The van der Waals surface area contributed by atoms with Crippen molar-refractivity contribution in [3.8, 4) is 5.75 Å². The second-order valence-corrected chi connectivity index (χ2v) is 3.76. The van der Waals surface area contributed by atoms with Crippen LogP contribution in [0.25, 0.3) is 0 Å². The van der Waals surface area contributed by atoms with Gasteiger partial charge in [-0.2, -0.15) is 0 Å². The first-order valence-corrected chi connectivity index (χ1v) is 5.45. The largest absolute Gasteiger partial charge is 0.497 e. The Bertz CT molecular complexity index is 506. The normalized spacial score (nSPS) is 10.7. The van der Waals surface area contributed by atoms with Crippen LogP contribution in [0.5, 0.6) is 5.75 Å². The van der Waals surface area contributed by atoms with E-state index in [1.165, 1.54) is 0 Å². The number of halogens is 1. The standard InChI is InChI=1S/C13H11ClN2O/c1-17-12-5-3-11(4-6-12)15-8-10-2-7-13(14)16-9-10/h2-9H,1H3/b15-8+. The molecular formula is C13H11ClN2O. The quantitative estimate of drug-likeness (QED) is 0.614. The predicted octanol–water partition coefficient (Wildman–Crippen LogP) is 3.49. The van der Waals surface area contributed by atoms with E-state index in [9.17, 15) is 0 Å². The number of methoxy groups -OCH3 is 1. The summed E-state index contributed by atoms with van der Waals surface area (Å²) in [6, 6.07) is 11.1. The fourth-order valence-electron chi connectivity index (χ4n) is 1.28. The molecule has 2 rings (SSSR count). The van der Waals surface area contributed by atoms with Crippen molar-refractivity contribution in [2.24, 2.45) is 4.99 Å². The van der Waals surface area contributed by atoms with Gasteiger partial charge in [0.15, 0.2) is 0 Å². The highest BCUT2D eigenvalue weighted by Gasteiger charge is 1.92. The zero-order valence-corrected chi connectivity index (χ0v) is 10.1. The van der Waals surface area contributed by atoms with Crippen molar-refractivity contribution in [3.05, 3.63) is 53.3 Å². The second kappa shape index (κ2) is 5.46. The van der Waals surface area contributed by atoms with E-state index >= 15 is 0 Å². The van der Waals surface area contributed by atoms with E-state index in [2.05, 4.69) is 9.98 Å². The maximum absolute atomic E-state index is 5.69. The summed E-state index contributed by atoms with van der Waals surface area (Å²) < 4.78 is 5.07. The minimum absolute atomic E-state index is 0.478. The maximum Gasteiger partial charge on any atom is 0.129 e. The summed E-state index contributed by atoms with van der Waals surface area (Å²) in [5, 5.41) is 0.478. The molecule has 1 aromatic carbocycles. The molecule has 0 aliphatic heterocycles. The second-order valence-electron chi connectivity index (χ2n) is 3.37. The molecule has 0 unspecified atom stereocenters. The molecule has 0 aliphatic rings. The summed E-state index contributed by atoms with van der Waals surface area (Å²) in [5.41, 5.74) is 1.77. The lowest BCUT2D eigenvalue weighted by Gasteiger charge is -1.98. The predicted molar refractivity (Wildman–Crippen MR) is 69.5 cm³/mol. The van der Waals surface area contributed by atoms with Gasteiger partial charge >= 0.3 is 0 Å². The van der Waals surface area contributed by atoms with E-state index in [0.717, 1.165) is 17.0 Å². The third kappa shape index (κ3) is 3.29. The van der Waals surface area contributed by atoms with E-state index in [-0.39, 0.29) is 0 Å². The number of hydrogen-bond acceptors (Lipinski definition) is 3. The van der Waals surface area contributed by atoms with E-state index in [1.54, 1.807) is 25.6 Å². The maximum atomic E-state index is 5.69. The molecule has 1 aromatic heterocycles. The highest BCUT2D eigenvalue weighted by Crippen LogP contribution is 2.17. The zero-order valence-electron chi connectivity index (χ0n) is 9.30. The molecule has 0 radical (unpaired) electrons. The van der Waals surface area contributed by atoms with Crippen molar-refractivity contribution >= 4 is 23.5 Å². The number of pyridine rings is 1. The van der Waals surface area contributed by atoms with Crippen molar-refractivity contribution in [2.45, 2.75) is 0 Å². The first-order chi connectivity index (χ1) is 8.28. The van der Waals surface area contributed by atoms with Crippen LogP contribution in [-0.4, -0.2) is 18.3 Å². The molecule has 0 amide bonds. The molecule has 0 spiro atoms. The molecule has 0 fully saturated rings. The topological polar surface area (TPSA) is 34.5 Å². The molecule has 3 nitrogen and oxygen atoms in total. The van der Waals surface area contributed by atoms with Gasteiger partial charge in [0, 0.05) is 18.0 Å². The number of aliphatic imine (C=N–C) groups is 1. The molecule has 0 bridgehead atoms. The van der Waals surface area contributed by atoms with Crippen molar-refractivity contribution in [1.29, 1.82) is 0 Å². The average Bonchev–Trinajstić information content (AvgIpc) is 2.39. The van der Waals surface area contributed by atoms with Crippen LogP contribution < -0.4 is 4.74 Å². The lowest BCUT2D eigenvalue weighted by Crippen LogP contribution is -1.83. The molecular weight excluding hydrogens is 236 g/mol. The van der Waals surface area contributed by atoms with E-state index in [0.29, 0.717) is 5.15 Å². The highest BCUT2D eigenvalue weighted by atomic mass is 35.5. The summed E-state index contributed by atoms with van der Waals surface area (Å²) >= 11 is 5.69. The van der Waals surface area contributed by atoms with Crippen LogP contribution in [0.15, 0.2) is 47.6 Å². The third-order valence-electron chi connectivity index (χ3n) is 2.19. The van der Waals surface area contributed by atoms with Gasteiger partial charge in [0.05, 0.1) is 12.8 Å². The monoisotopic (exact) mass is 246 g/mol. The fraction of sp³-hybridized carbons (Fsp3) is 0.0769. The van der Waals surface area contributed by atoms with Gasteiger partial charge in [-0.1, -0.05) is 11.6 Å². The first kappa shape index (κ1) is 11.6. The van der Waals surface area contributed by atoms with Crippen LogP contribution in [0, 0.1) is 0 Å². The number of ether oxygens (including phenoxy) is 1. The van der Waals surface area contributed by atoms with E-state index in [4.69, 9.17) is 16.3 Å². The molecule has 2 aromatic rings. The van der Waals surface area contributed by atoms with E-state index < -0.39 is 0 Å². The summed E-state index contributed by atoms with van der Waals surface area (Å²) in [6.07, 6.45) is 3.42. The Labute approximate surface area is 105 Å². The third-order valence-corrected chi connectivity index (χ3v) is 2.41. The average molecular weight is 247 g/mol. The number of nitrogens with zero attached hydrogens (tertiary/aromatic N) is 2. The zero-order chi connectivity index (χ0) is 12.1. The van der Waals surface area contributed by atoms with Crippen LogP contribution in [0.1, 0.15) is 5.56 Å². The van der Waals surface area contributed by atoms with Gasteiger partial charge in [0.25, 0.3) is 0 Å². The number of benzene rings is 1. The van der Waals surface area contributed by atoms with Gasteiger partial charge in [0.2, 0.25) is 0 Å². The number of rotatable bonds is 3. The molecule has 17 heavy (non-hydrogen) atoms. The van der Waals surface area contributed by atoms with Gasteiger partial charge in [-0.15, -0.1) is 0 Å². The molecule has 0 saturated carbocycles. The number of aromatic nitrogens is 1. The van der Waals surface area contributed by atoms with Crippen molar-refractivity contribution < 1.29 is 4.74 Å². The van der Waals surface area contributed by atoms with Gasteiger partial charge in [-0.3, -0.25) is 4.99 Å². The summed E-state index contributed by atoms with van der Waals surface area (Å²) in [5.74, 6) is 0.817. The van der Waals surface area contributed by atoms with E-state index in [1.807, 2.05) is 30.3 Å². The Kier molecular flexibility index (Phi) is 3.73. The smallest absolute Gasteiger partial charge is 0.129 e. The molecule has 0 aliphatic carbocycles. The van der Waals surface area contributed by atoms with Gasteiger partial charge in [0.1, 0.15) is 10.9 Å². The molecule has 0 atom stereocenters. The Balaban J connectivity index is 2.11. The SMILES string of the molecule is COc1ccc(/N=C/c2ccc(Cl)nc2)cc1. The van der Waals surface area contributed by atoms with Gasteiger partial charge in [-0.05, 0) is 36.4 Å². The molecule has 0 N–H and O–H groups in total. The minimum Gasteiger partial charge on any atom is -0.497 e. The lowest BCUT2D eigenvalue weighted by molar-refractivity contribution is 0.415. The summed E-state index contributed by atoms with van der Waals surface area (Å²) in [7, 11) is 1.64. The first-order valence-electron chi connectivity index (χ1n) is 5.07. The van der Waals surface area contributed by atoms with Crippen LogP contribution >= 0.6 is 11.6 Å². The van der Waals surface area contributed by atoms with Crippen molar-refractivity contribution in [1.82, 2.24) is 4.98 Å². The minimum atomic E-state index is 0.478. The highest BCUT2D eigenvalue weighted by molar-refractivity contribution is 6.29. The van der Waals surface area contributed by atoms with Crippen LogP contribution in [0.2, 0.25) is 5.15 Å². The molecule has 4 heteroatoms. The Morgan fingerprint density at radius 2 is 1.94 bits per heavy atom. The lowest BCUT2D eigenvalue weighted by atomic mass is 10.3. The van der Waals surface area contributed by atoms with Gasteiger partial charge in [-0.25, -0.2) is 4.98 Å². The summed E-state index contributed by atoms with van der Waals surface area (Å²) in [6.45, 7) is 0. The van der Waals surface area contributed by atoms with Gasteiger partial charge < -0.3 is 4.74 Å². The fourth-order valence-corrected chi connectivity index (χ4v) is 1.39. The van der Waals surface area contributed by atoms with Crippen molar-refractivity contribution in [3.63, 3.8) is 0 Å². The molecule has 1 heterocycles. The Morgan fingerprint density at radius 1 is 1.18 bits per heavy atom. The number of hydrogen-bond donors (Lipinski definition) is 0. The molecule has 86 valence electrons. The van der Waals surface area contributed by atoms with Crippen LogP contribution in [-0.2, 0) is 0 Å². The van der Waals surface area contributed by atoms with Crippen LogP contribution in [0.3, 0.4) is 0 Å². The summed E-state index contributed by atoms with van der Waals surface area (Å²) in [4.78, 5) is 8.29.